The van der Waals surface area contributed by atoms with Crippen LogP contribution in [0.4, 0.5) is 0 Å². The Morgan fingerprint density at radius 1 is 1.62 bits per heavy atom. The topological polar surface area (TPSA) is 20.2 Å². The second-order valence-corrected chi connectivity index (χ2v) is 1.99. The van der Waals surface area contributed by atoms with Crippen molar-refractivity contribution in [3.8, 4) is 0 Å². The summed E-state index contributed by atoms with van der Waals surface area (Å²) in [5, 5.41) is 8.64. The first-order chi connectivity index (χ1) is 3.77. The van der Waals surface area contributed by atoms with Crippen LogP contribution in [0.3, 0.4) is 0 Å². The predicted molar refractivity (Wildman–Crippen MR) is 35.9 cm³/mol. The molecule has 0 fully saturated rings. The summed E-state index contributed by atoms with van der Waals surface area (Å²) in [5.74, 6) is 0.443. The molecule has 0 saturated carbocycles. The molecule has 1 nitrogen and oxygen atoms in total. The molecule has 0 heterocycles. The highest BCUT2D eigenvalue weighted by atomic mass is 16.3. The van der Waals surface area contributed by atoms with Gasteiger partial charge in [0.25, 0.3) is 0 Å². The van der Waals surface area contributed by atoms with Gasteiger partial charge in [-0.1, -0.05) is 13.3 Å². The number of aliphatic hydroxyl groups excluding tert-OH is 1. The van der Waals surface area contributed by atoms with Gasteiger partial charge in [0.15, 0.2) is 0 Å². The zero-order valence-corrected chi connectivity index (χ0v) is 5.65. The van der Waals surface area contributed by atoms with E-state index in [1.54, 1.807) is 6.92 Å². The minimum Gasteiger partial charge on any atom is -0.513 e. The maximum Gasteiger partial charge on any atom is 0.0851 e. The third-order valence-electron chi connectivity index (χ3n) is 0.997. The lowest BCUT2D eigenvalue weighted by molar-refractivity contribution is 0.410. The first-order valence-corrected chi connectivity index (χ1v) is 3.13. The first-order valence-electron chi connectivity index (χ1n) is 3.13. The predicted octanol–water partition coefficient (Wildman–Crippen LogP) is 2.64. The third kappa shape index (κ3) is 5.54. The molecule has 0 aliphatic carbocycles. The van der Waals surface area contributed by atoms with E-state index in [0.717, 1.165) is 6.42 Å². The highest BCUT2D eigenvalue weighted by Gasteiger charge is 1.79. The van der Waals surface area contributed by atoms with Crippen LogP contribution >= 0.6 is 0 Å². The summed E-state index contributed by atoms with van der Waals surface area (Å²) >= 11 is 0. The lowest BCUT2D eigenvalue weighted by Crippen LogP contribution is -1.71. The van der Waals surface area contributed by atoms with Crippen molar-refractivity contribution < 1.29 is 5.11 Å². The van der Waals surface area contributed by atoms with Gasteiger partial charge in [-0.3, -0.25) is 0 Å². The van der Waals surface area contributed by atoms with Crippen LogP contribution in [0, 0.1) is 0 Å². The number of allylic oxidation sites excluding steroid dienone is 2. The van der Waals surface area contributed by atoms with Crippen molar-refractivity contribution in [1.29, 1.82) is 0 Å². The number of hydrogen-bond acceptors (Lipinski definition) is 1. The maximum atomic E-state index is 8.64. The molecule has 0 aromatic carbocycles. The van der Waals surface area contributed by atoms with Crippen LogP contribution in [-0.4, -0.2) is 5.11 Å². The summed E-state index contributed by atoms with van der Waals surface area (Å²) in [6.45, 7) is 3.84. The van der Waals surface area contributed by atoms with E-state index in [2.05, 4.69) is 6.92 Å². The monoisotopic (exact) mass is 114 g/mol. The van der Waals surface area contributed by atoms with Crippen molar-refractivity contribution in [2.45, 2.75) is 33.1 Å². The van der Waals surface area contributed by atoms with E-state index < -0.39 is 0 Å². The molecule has 0 unspecified atom stereocenters. The average Bonchev–Trinajstić information content (AvgIpc) is 1.66. The normalized spacial score (nSPS) is 12.0. The van der Waals surface area contributed by atoms with Crippen molar-refractivity contribution in [2.24, 2.45) is 0 Å². The van der Waals surface area contributed by atoms with Gasteiger partial charge in [-0.15, -0.1) is 0 Å². The van der Waals surface area contributed by atoms with Crippen molar-refractivity contribution in [3.63, 3.8) is 0 Å². The lowest BCUT2D eigenvalue weighted by atomic mass is 10.2. The van der Waals surface area contributed by atoms with E-state index in [0.29, 0.717) is 5.76 Å². The third-order valence-corrected chi connectivity index (χ3v) is 0.997. The number of hydrogen-bond donors (Lipinski definition) is 1. The van der Waals surface area contributed by atoms with E-state index in [-0.39, 0.29) is 0 Å². The van der Waals surface area contributed by atoms with Gasteiger partial charge in [0.2, 0.25) is 0 Å². The minimum atomic E-state index is 0.443. The van der Waals surface area contributed by atoms with E-state index in [9.17, 15) is 0 Å². The van der Waals surface area contributed by atoms with Crippen molar-refractivity contribution in [1.82, 2.24) is 0 Å². The van der Waals surface area contributed by atoms with Crippen LogP contribution in [0.5, 0.6) is 0 Å². The van der Waals surface area contributed by atoms with E-state index in [1.165, 1.54) is 12.8 Å². The molecule has 0 aromatic rings. The minimum absolute atomic E-state index is 0.443. The molecule has 0 spiro atoms. The van der Waals surface area contributed by atoms with E-state index in [1.807, 2.05) is 6.08 Å². The Bertz CT molecular complexity index is 70.5. The molecule has 1 N–H and O–H groups in total. The second-order valence-electron chi connectivity index (χ2n) is 1.99. The molecular weight excluding hydrogens is 100 g/mol. The molecule has 0 bridgehead atoms. The van der Waals surface area contributed by atoms with Gasteiger partial charge in [0.1, 0.15) is 0 Å². The van der Waals surface area contributed by atoms with Gasteiger partial charge in [-0.2, -0.15) is 0 Å². The van der Waals surface area contributed by atoms with Crippen LogP contribution in [0.1, 0.15) is 33.1 Å². The molecule has 1 heteroatoms. The van der Waals surface area contributed by atoms with Gasteiger partial charge < -0.3 is 5.11 Å². The summed E-state index contributed by atoms with van der Waals surface area (Å²) < 4.78 is 0. The Labute approximate surface area is 51.0 Å². The lowest BCUT2D eigenvalue weighted by Gasteiger charge is -1.88. The van der Waals surface area contributed by atoms with Crippen molar-refractivity contribution >= 4 is 0 Å². The molecule has 48 valence electrons. The summed E-state index contributed by atoms with van der Waals surface area (Å²) in [4.78, 5) is 0. The smallest absolute Gasteiger partial charge is 0.0851 e. The van der Waals surface area contributed by atoms with Crippen LogP contribution in [-0.2, 0) is 0 Å². The van der Waals surface area contributed by atoms with E-state index in [4.69, 9.17) is 5.11 Å². The zero-order chi connectivity index (χ0) is 6.41. The van der Waals surface area contributed by atoms with Gasteiger partial charge >= 0.3 is 0 Å². The van der Waals surface area contributed by atoms with Gasteiger partial charge in [-0.25, -0.2) is 0 Å². The largest absolute Gasteiger partial charge is 0.513 e. The Kier molecular flexibility index (Phi) is 4.42. The summed E-state index contributed by atoms with van der Waals surface area (Å²) in [6.07, 6.45) is 5.24. The second kappa shape index (κ2) is 4.69. The Hall–Kier alpha value is -0.460. The fourth-order valence-electron chi connectivity index (χ4n) is 0.515. The molecule has 0 atom stereocenters. The fourth-order valence-corrected chi connectivity index (χ4v) is 0.515. The van der Waals surface area contributed by atoms with E-state index >= 15 is 0 Å². The molecular formula is C7H14O. The molecule has 0 aliphatic heterocycles. The standard InChI is InChI=1S/C7H14O/c1-3-4-5-6-7(2)8/h6,8H,3-5H2,1-2H3/b7-6+. The maximum absolute atomic E-state index is 8.64. The Balaban J connectivity index is 3.03. The first kappa shape index (κ1) is 7.54. The molecule has 0 aromatic heterocycles. The molecule has 0 saturated heterocycles. The number of rotatable bonds is 3. The number of aliphatic hydroxyl groups is 1. The van der Waals surface area contributed by atoms with Gasteiger partial charge in [-0.05, 0) is 25.8 Å². The highest BCUT2D eigenvalue weighted by molar-refractivity contribution is 4.84. The average molecular weight is 114 g/mol. The van der Waals surface area contributed by atoms with Crippen molar-refractivity contribution in [2.75, 3.05) is 0 Å². The van der Waals surface area contributed by atoms with Crippen LogP contribution in [0.15, 0.2) is 11.8 Å². The van der Waals surface area contributed by atoms with Crippen molar-refractivity contribution in [3.05, 3.63) is 11.8 Å². The zero-order valence-electron chi connectivity index (χ0n) is 5.65. The molecule has 0 rings (SSSR count). The highest BCUT2D eigenvalue weighted by Crippen LogP contribution is 1.96. The van der Waals surface area contributed by atoms with Crippen LogP contribution < -0.4 is 0 Å². The summed E-state index contributed by atoms with van der Waals surface area (Å²) in [6, 6.07) is 0. The van der Waals surface area contributed by atoms with Gasteiger partial charge in [0, 0.05) is 0 Å². The van der Waals surface area contributed by atoms with Crippen LogP contribution in [0.25, 0.3) is 0 Å². The van der Waals surface area contributed by atoms with Crippen LogP contribution in [0.2, 0.25) is 0 Å². The summed E-state index contributed by atoms with van der Waals surface area (Å²) in [5.41, 5.74) is 0. The number of unbranched alkanes of at least 4 members (excludes halogenated alkanes) is 2. The Morgan fingerprint density at radius 3 is 2.62 bits per heavy atom. The summed E-state index contributed by atoms with van der Waals surface area (Å²) in [7, 11) is 0. The fraction of sp³-hybridized carbons (Fsp3) is 0.714. The molecule has 0 aliphatic rings. The Morgan fingerprint density at radius 2 is 2.25 bits per heavy atom. The molecule has 0 amide bonds. The SMILES string of the molecule is CCCC/C=C(\C)O. The van der Waals surface area contributed by atoms with Gasteiger partial charge in [0.05, 0.1) is 5.76 Å². The molecule has 0 radical (unpaired) electrons. The quantitative estimate of drug-likeness (QED) is 0.441. The molecule has 8 heavy (non-hydrogen) atoms.